The molecule has 1 saturated carbocycles. The van der Waals surface area contributed by atoms with Gasteiger partial charge in [-0.25, -0.2) is 18.4 Å². The smallest absolute Gasteiger partial charge is 0.311 e. The lowest BCUT2D eigenvalue weighted by Gasteiger charge is -2.37. The molecule has 188 valence electrons. The highest BCUT2D eigenvalue weighted by Gasteiger charge is 2.35. The van der Waals surface area contributed by atoms with E-state index in [1.54, 1.807) is 10.6 Å². The maximum Gasteiger partial charge on any atom is 0.311 e. The molecule has 0 radical (unpaired) electrons. The zero-order valence-electron chi connectivity index (χ0n) is 20.7. The van der Waals surface area contributed by atoms with E-state index in [-0.39, 0.29) is 30.3 Å². The van der Waals surface area contributed by atoms with Crippen molar-refractivity contribution in [2.45, 2.75) is 71.4 Å². The molecule has 1 atom stereocenters. The van der Waals surface area contributed by atoms with Gasteiger partial charge in [0.25, 0.3) is 0 Å². The average molecular weight is 492 g/mol. The third-order valence-corrected chi connectivity index (χ3v) is 9.11. The normalized spacial score (nSPS) is 24.8. The number of nitrogens with zero attached hydrogens (tertiary/aromatic N) is 4. The summed E-state index contributed by atoms with van der Waals surface area (Å²) in [6, 6.07) is 2.31. The minimum Gasteiger partial charge on any atom is -0.461 e. The van der Waals surface area contributed by atoms with E-state index >= 15 is 0 Å². The minimum atomic E-state index is -3.39. The summed E-state index contributed by atoms with van der Waals surface area (Å²) in [6.07, 6.45) is 8.10. The van der Waals surface area contributed by atoms with E-state index in [4.69, 9.17) is 4.74 Å². The molecule has 0 amide bonds. The molecule has 0 spiro atoms. The molecular weight excluding hydrogens is 454 g/mol. The number of esters is 1. The van der Waals surface area contributed by atoms with Crippen molar-refractivity contribution in [1.82, 2.24) is 19.3 Å². The van der Waals surface area contributed by atoms with Crippen LogP contribution in [-0.2, 0) is 19.6 Å². The van der Waals surface area contributed by atoms with Crippen LogP contribution in [0.2, 0.25) is 0 Å². The van der Waals surface area contributed by atoms with Crippen molar-refractivity contribution in [3.63, 3.8) is 0 Å². The Bertz CT molecular complexity index is 1100. The van der Waals surface area contributed by atoms with Crippen LogP contribution in [0.25, 0.3) is 11.0 Å². The van der Waals surface area contributed by atoms with Gasteiger partial charge in [-0.2, -0.15) is 4.31 Å². The first-order chi connectivity index (χ1) is 16.0. The van der Waals surface area contributed by atoms with Crippen LogP contribution in [0.5, 0.6) is 0 Å². The molecule has 1 aliphatic heterocycles. The summed E-state index contributed by atoms with van der Waals surface area (Å²) in [5.41, 5.74) is 0.232. The van der Waals surface area contributed by atoms with Crippen molar-refractivity contribution in [2.75, 3.05) is 30.8 Å². The number of hydrogen-bond acceptors (Lipinski definition) is 7. The highest BCUT2D eigenvalue weighted by molar-refractivity contribution is 7.89. The average Bonchev–Trinajstić information content (AvgIpc) is 3.27. The van der Waals surface area contributed by atoms with Crippen molar-refractivity contribution >= 4 is 32.8 Å². The topological polar surface area (TPSA) is 108 Å². The molecule has 1 saturated heterocycles. The van der Waals surface area contributed by atoms with Crippen LogP contribution in [-0.4, -0.2) is 71.7 Å². The molecule has 9 nitrogen and oxygen atoms in total. The number of aromatic amines is 1. The molecule has 1 unspecified atom stereocenters. The fourth-order valence-corrected chi connectivity index (χ4v) is 6.94. The van der Waals surface area contributed by atoms with E-state index in [2.05, 4.69) is 26.9 Å². The number of hydrogen-bond donors (Lipinski definition) is 1. The third-order valence-electron chi connectivity index (χ3n) is 7.10. The number of piperidine rings is 1. The van der Waals surface area contributed by atoms with Crippen LogP contribution in [0.4, 0.5) is 5.82 Å². The second kappa shape index (κ2) is 9.81. The van der Waals surface area contributed by atoms with Crippen molar-refractivity contribution < 1.29 is 17.9 Å². The van der Waals surface area contributed by atoms with Crippen LogP contribution in [0.1, 0.15) is 59.3 Å². The molecule has 2 aliphatic rings. The number of carbonyl (C=O) groups is 1. The molecule has 3 heterocycles. The number of sulfonamides is 1. The van der Waals surface area contributed by atoms with E-state index in [1.165, 1.54) is 0 Å². The molecular formula is C24H37N5O4S. The number of anilines is 1. The summed E-state index contributed by atoms with van der Waals surface area (Å²) in [7, 11) is -1.34. The summed E-state index contributed by atoms with van der Waals surface area (Å²) >= 11 is 0. The Balaban J connectivity index is 1.31. The Morgan fingerprint density at radius 2 is 1.94 bits per heavy atom. The largest absolute Gasteiger partial charge is 0.461 e. The minimum absolute atomic E-state index is 0.143. The van der Waals surface area contributed by atoms with Gasteiger partial charge in [0.15, 0.2) is 0 Å². The van der Waals surface area contributed by atoms with Crippen LogP contribution in [0, 0.1) is 11.3 Å². The zero-order chi connectivity index (χ0) is 24.5. The van der Waals surface area contributed by atoms with E-state index in [9.17, 15) is 13.2 Å². The number of aromatic nitrogens is 3. The van der Waals surface area contributed by atoms with Gasteiger partial charge in [-0.05, 0) is 71.3 Å². The number of fused-ring (bicyclic) bond motifs is 1. The van der Waals surface area contributed by atoms with Crippen LogP contribution >= 0.6 is 0 Å². The second-order valence-corrected chi connectivity index (χ2v) is 12.8. The fourth-order valence-electron chi connectivity index (χ4n) is 5.00. The standard InChI is InChI=1S/C24H37N5O4S/c1-24(2,3)23(30)33-19-6-5-13-29(14-19)34(31,32)15-17-7-9-18(10-8-17)28(4)22-20-11-12-25-21(20)26-16-27-22/h11-12,16-19H,5-10,13-15H2,1-4H3,(H,25,26,27). The Morgan fingerprint density at radius 3 is 2.65 bits per heavy atom. The summed E-state index contributed by atoms with van der Waals surface area (Å²) in [5.74, 6) is 0.940. The van der Waals surface area contributed by atoms with Crippen LogP contribution < -0.4 is 4.90 Å². The van der Waals surface area contributed by atoms with Crippen molar-refractivity contribution in [2.24, 2.45) is 11.3 Å². The summed E-state index contributed by atoms with van der Waals surface area (Å²) in [6.45, 7) is 6.21. The molecule has 2 aromatic rings. The number of carbonyl (C=O) groups excluding carboxylic acids is 1. The second-order valence-electron chi connectivity index (χ2n) is 10.8. The maximum absolute atomic E-state index is 13.2. The lowest BCUT2D eigenvalue weighted by molar-refractivity contribution is -0.160. The molecule has 1 N–H and O–H groups in total. The van der Waals surface area contributed by atoms with Crippen LogP contribution in [0.3, 0.4) is 0 Å². The van der Waals surface area contributed by atoms with Gasteiger partial charge in [0, 0.05) is 25.8 Å². The van der Waals surface area contributed by atoms with E-state index in [0.29, 0.717) is 25.4 Å². The fraction of sp³-hybridized carbons (Fsp3) is 0.708. The van der Waals surface area contributed by atoms with Gasteiger partial charge >= 0.3 is 5.97 Å². The Kier molecular flexibility index (Phi) is 7.19. The van der Waals surface area contributed by atoms with Gasteiger partial charge in [-0.3, -0.25) is 4.79 Å². The number of nitrogens with one attached hydrogen (secondary N) is 1. The summed E-state index contributed by atoms with van der Waals surface area (Å²) in [4.78, 5) is 26.3. The van der Waals surface area contributed by atoms with E-state index in [1.807, 2.05) is 33.0 Å². The molecule has 2 fully saturated rings. The Morgan fingerprint density at radius 1 is 1.21 bits per heavy atom. The van der Waals surface area contributed by atoms with Crippen LogP contribution in [0.15, 0.2) is 18.6 Å². The quantitative estimate of drug-likeness (QED) is 0.617. The van der Waals surface area contributed by atoms with Gasteiger partial charge < -0.3 is 14.6 Å². The third kappa shape index (κ3) is 5.54. The van der Waals surface area contributed by atoms with Crippen molar-refractivity contribution in [3.8, 4) is 0 Å². The first-order valence-corrected chi connectivity index (χ1v) is 13.9. The molecule has 1 aliphatic carbocycles. The van der Waals surface area contributed by atoms with E-state index in [0.717, 1.165) is 42.5 Å². The molecule has 4 rings (SSSR count). The predicted molar refractivity (Wildman–Crippen MR) is 132 cm³/mol. The first-order valence-electron chi connectivity index (χ1n) is 12.2. The van der Waals surface area contributed by atoms with Crippen molar-refractivity contribution in [1.29, 1.82) is 0 Å². The van der Waals surface area contributed by atoms with Gasteiger partial charge in [-0.15, -0.1) is 0 Å². The Hall–Kier alpha value is -2.20. The zero-order valence-corrected chi connectivity index (χ0v) is 21.5. The predicted octanol–water partition coefficient (Wildman–Crippen LogP) is 3.34. The number of H-pyrrole nitrogens is 1. The van der Waals surface area contributed by atoms with E-state index < -0.39 is 15.4 Å². The monoisotopic (exact) mass is 491 g/mol. The summed E-state index contributed by atoms with van der Waals surface area (Å²) < 4.78 is 33.5. The molecule has 0 bridgehead atoms. The highest BCUT2D eigenvalue weighted by Crippen LogP contribution is 2.33. The van der Waals surface area contributed by atoms with Gasteiger partial charge in [0.2, 0.25) is 10.0 Å². The lowest BCUT2D eigenvalue weighted by Crippen LogP contribution is -2.46. The van der Waals surface area contributed by atoms with Gasteiger partial charge in [-0.1, -0.05) is 0 Å². The highest BCUT2D eigenvalue weighted by atomic mass is 32.2. The number of rotatable bonds is 6. The van der Waals surface area contributed by atoms with Gasteiger partial charge in [0.05, 0.1) is 23.1 Å². The first kappa shape index (κ1) is 24.9. The molecule has 0 aromatic carbocycles. The Labute approximate surface area is 202 Å². The van der Waals surface area contributed by atoms with Crippen molar-refractivity contribution in [3.05, 3.63) is 18.6 Å². The maximum atomic E-state index is 13.2. The molecule has 34 heavy (non-hydrogen) atoms. The van der Waals surface area contributed by atoms with Gasteiger partial charge in [0.1, 0.15) is 23.9 Å². The summed E-state index contributed by atoms with van der Waals surface area (Å²) in [5, 5.41) is 1.00. The molecule has 10 heteroatoms. The lowest BCUT2D eigenvalue weighted by atomic mass is 9.86. The SMILES string of the molecule is CN(c1ncnc2[nH]ccc12)C1CCC(CS(=O)(=O)N2CCCC(OC(=O)C(C)(C)C)C2)CC1. The number of ether oxygens (including phenoxy) is 1. The molecule has 2 aromatic heterocycles.